The van der Waals surface area contributed by atoms with Gasteiger partial charge in [0.25, 0.3) is 0 Å². The molecule has 2 N–H and O–H groups in total. The molecule has 0 aliphatic heterocycles. The molecule has 1 aromatic carbocycles. The second-order valence-electron chi connectivity index (χ2n) is 4.33. The van der Waals surface area contributed by atoms with Crippen molar-refractivity contribution in [3.63, 3.8) is 0 Å². The monoisotopic (exact) mass is 245 g/mol. The second kappa shape index (κ2) is 5.99. The van der Waals surface area contributed by atoms with Crippen molar-refractivity contribution in [2.45, 2.75) is 32.2 Å². The van der Waals surface area contributed by atoms with E-state index in [1.807, 2.05) is 0 Å². The molecule has 0 saturated carbocycles. The van der Waals surface area contributed by atoms with Gasteiger partial charge in [-0.15, -0.1) is 0 Å². The standard InChI is InChI=1S/C15H19NS/c1-2-13-5-3-4-6-14(13)15(16)8-7-12-9-10-17-11-12/h3-6,9-11,15H,2,7-8,16H2,1H3. The Kier molecular flexibility index (Phi) is 4.35. The SMILES string of the molecule is CCc1ccccc1C(N)CCc1ccsc1. The predicted molar refractivity (Wildman–Crippen MR) is 75.4 cm³/mol. The summed E-state index contributed by atoms with van der Waals surface area (Å²) in [6, 6.07) is 10.9. The molecule has 1 nitrogen and oxygen atoms in total. The molecule has 0 radical (unpaired) electrons. The largest absolute Gasteiger partial charge is 0.324 e. The number of nitrogens with two attached hydrogens (primary N) is 1. The van der Waals surface area contributed by atoms with Crippen LogP contribution in [-0.4, -0.2) is 0 Å². The lowest BCUT2D eigenvalue weighted by molar-refractivity contribution is 0.646. The van der Waals surface area contributed by atoms with E-state index >= 15 is 0 Å². The van der Waals surface area contributed by atoms with Crippen LogP contribution in [0.2, 0.25) is 0 Å². The van der Waals surface area contributed by atoms with Crippen LogP contribution in [0.25, 0.3) is 0 Å². The molecule has 2 aromatic rings. The molecule has 1 atom stereocenters. The lowest BCUT2D eigenvalue weighted by Crippen LogP contribution is -2.13. The molecule has 17 heavy (non-hydrogen) atoms. The Labute approximate surface area is 107 Å². The molecule has 0 saturated heterocycles. The molecule has 0 amide bonds. The van der Waals surface area contributed by atoms with Gasteiger partial charge in [0.05, 0.1) is 0 Å². The van der Waals surface area contributed by atoms with E-state index in [2.05, 4.69) is 48.0 Å². The number of aryl methyl sites for hydroxylation is 2. The van der Waals surface area contributed by atoms with Gasteiger partial charge in [0.1, 0.15) is 0 Å². The zero-order valence-corrected chi connectivity index (χ0v) is 11.0. The lowest BCUT2D eigenvalue weighted by atomic mass is 9.95. The zero-order valence-electron chi connectivity index (χ0n) is 10.2. The van der Waals surface area contributed by atoms with Gasteiger partial charge in [-0.25, -0.2) is 0 Å². The van der Waals surface area contributed by atoms with Crippen LogP contribution in [0, 0.1) is 0 Å². The van der Waals surface area contributed by atoms with Crippen LogP contribution in [0.4, 0.5) is 0 Å². The fraction of sp³-hybridized carbons (Fsp3) is 0.333. The normalized spacial score (nSPS) is 12.6. The Morgan fingerprint density at radius 1 is 1.24 bits per heavy atom. The molecule has 1 aromatic heterocycles. The van der Waals surface area contributed by atoms with Gasteiger partial charge in [0.2, 0.25) is 0 Å². The van der Waals surface area contributed by atoms with E-state index in [0.717, 1.165) is 19.3 Å². The van der Waals surface area contributed by atoms with E-state index < -0.39 is 0 Å². The highest BCUT2D eigenvalue weighted by atomic mass is 32.1. The second-order valence-corrected chi connectivity index (χ2v) is 5.11. The summed E-state index contributed by atoms with van der Waals surface area (Å²) in [6.45, 7) is 2.18. The summed E-state index contributed by atoms with van der Waals surface area (Å²) < 4.78 is 0. The third-order valence-corrected chi connectivity index (χ3v) is 3.89. The summed E-state index contributed by atoms with van der Waals surface area (Å²) in [5, 5.41) is 4.33. The van der Waals surface area contributed by atoms with Gasteiger partial charge in [0.15, 0.2) is 0 Å². The maximum Gasteiger partial charge on any atom is 0.0300 e. The van der Waals surface area contributed by atoms with E-state index in [1.165, 1.54) is 16.7 Å². The molecule has 1 unspecified atom stereocenters. The van der Waals surface area contributed by atoms with Crippen molar-refractivity contribution in [1.29, 1.82) is 0 Å². The first-order valence-electron chi connectivity index (χ1n) is 6.15. The van der Waals surface area contributed by atoms with E-state index in [0.29, 0.717) is 0 Å². The van der Waals surface area contributed by atoms with Gasteiger partial charge >= 0.3 is 0 Å². The Bertz CT molecular complexity index is 448. The lowest BCUT2D eigenvalue weighted by Gasteiger charge is -2.15. The summed E-state index contributed by atoms with van der Waals surface area (Å²) in [4.78, 5) is 0. The maximum atomic E-state index is 6.29. The molecule has 0 bridgehead atoms. The van der Waals surface area contributed by atoms with E-state index in [1.54, 1.807) is 11.3 Å². The molecule has 2 rings (SSSR count). The van der Waals surface area contributed by atoms with Crippen LogP contribution in [0.15, 0.2) is 41.1 Å². The molecule has 0 spiro atoms. The summed E-state index contributed by atoms with van der Waals surface area (Å²) in [5.41, 5.74) is 10.4. The third kappa shape index (κ3) is 3.18. The minimum Gasteiger partial charge on any atom is -0.324 e. The predicted octanol–water partition coefficient (Wildman–Crippen LogP) is 3.94. The molecule has 1 heterocycles. The zero-order chi connectivity index (χ0) is 12.1. The fourth-order valence-corrected chi connectivity index (χ4v) is 2.83. The van der Waals surface area contributed by atoms with Gasteiger partial charge in [-0.05, 0) is 52.8 Å². The Balaban J connectivity index is 2.01. The smallest absolute Gasteiger partial charge is 0.0300 e. The van der Waals surface area contributed by atoms with Gasteiger partial charge in [-0.1, -0.05) is 31.2 Å². The first kappa shape index (κ1) is 12.3. The van der Waals surface area contributed by atoms with Crippen LogP contribution in [0.1, 0.15) is 36.1 Å². The fourth-order valence-electron chi connectivity index (χ4n) is 2.13. The van der Waals surface area contributed by atoms with Crippen LogP contribution in [-0.2, 0) is 12.8 Å². The Morgan fingerprint density at radius 3 is 2.76 bits per heavy atom. The van der Waals surface area contributed by atoms with Crippen molar-refractivity contribution in [3.05, 3.63) is 57.8 Å². The molecule has 90 valence electrons. The van der Waals surface area contributed by atoms with Crippen molar-refractivity contribution in [1.82, 2.24) is 0 Å². The topological polar surface area (TPSA) is 26.0 Å². The first-order chi connectivity index (χ1) is 8.31. The molecular weight excluding hydrogens is 226 g/mol. The highest BCUT2D eigenvalue weighted by Gasteiger charge is 2.09. The van der Waals surface area contributed by atoms with Crippen molar-refractivity contribution in [2.75, 3.05) is 0 Å². The van der Waals surface area contributed by atoms with Gasteiger partial charge in [0, 0.05) is 6.04 Å². The van der Waals surface area contributed by atoms with Crippen molar-refractivity contribution in [3.8, 4) is 0 Å². The average molecular weight is 245 g/mol. The summed E-state index contributed by atoms with van der Waals surface area (Å²) in [7, 11) is 0. The minimum atomic E-state index is 0.158. The third-order valence-electron chi connectivity index (χ3n) is 3.16. The highest BCUT2D eigenvalue weighted by Crippen LogP contribution is 2.21. The minimum absolute atomic E-state index is 0.158. The van der Waals surface area contributed by atoms with Crippen molar-refractivity contribution in [2.24, 2.45) is 5.73 Å². The Hall–Kier alpha value is -1.12. The first-order valence-corrected chi connectivity index (χ1v) is 7.10. The van der Waals surface area contributed by atoms with Crippen LogP contribution >= 0.6 is 11.3 Å². The number of thiophene rings is 1. The number of rotatable bonds is 5. The van der Waals surface area contributed by atoms with E-state index in [9.17, 15) is 0 Å². The van der Waals surface area contributed by atoms with E-state index in [4.69, 9.17) is 5.73 Å². The number of hydrogen-bond acceptors (Lipinski definition) is 2. The maximum absolute atomic E-state index is 6.29. The molecule has 0 aliphatic rings. The van der Waals surface area contributed by atoms with Crippen molar-refractivity contribution >= 4 is 11.3 Å². The quantitative estimate of drug-likeness (QED) is 0.848. The molecule has 2 heteroatoms. The van der Waals surface area contributed by atoms with Gasteiger partial charge in [-0.2, -0.15) is 11.3 Å². The average Bonchev–Trinajstić information content (AvgIpc) is 2.89. The van der Waals surface area contributed by atoms with Gasteiger partial charge in [-0.3, -0.25) is 0 Å². The summed E-state index contributed by atoms with van der Waals surface area (Å²) in [6.07, 6.45) is 3.15. The number of hydrogen-bond donors (Lipinski definition) is 1. The van der Waals surface area contributed by atoms with Crippen LogP contribution in [0.5, 0.6) is 0 Å². The van der Waals surface area contributed by atoms with Crippen LogP contribution in [0.3, 0.4) is 0 Å². The highest BCUT2D eigenvalue weighted by molar-refractivity contribution is 7.07. The van der Waals surface area contributed by atoms with Crippen molar-refractivity contribution < 1.29 is 0 Å². The van der Waals surface area contributed by atoms with Gasteiger partial charge < -0.3 is 5.73 Å². The summed E-state index contributed by atoms with van der Waals surface area (Å²) >= 11 is 1.75. The summed E-state index contributed by atoms with van der Waals surface area (Å²) in [5.74, 6) is 0. The van der Waals surface area contributed by atoms with Crippen LogP contribution < -0.4 is 5.73 Å². The number of benzene rings is 1. The molecular formula is C15H19NS. The molecule has 0 fully saturated rings. The molecule has 0 aliphatic carbocycles. The Morgan fingerprint density at radius 2 is 2.06 bits per heavy atom. The van der Waals surface area contributed by atoms with E-state index in [-0.39, 0.29) is 6.04 Å².